The van der Waals surface area contributed by atoms with E-state index >= 15 is 0 Å². The van der Waals surface area contributed by atoms with E-state index in [4.69, 9.17) is 14.5 Å². The van der Waals surface area contributed by atoms with Crippen molar-refractivity contribution in [1.29, 1.82) is 0 Å². The summed E-state index contributed by atoms with van der Waals surface area (Å²) in [6, 6.07) is 11.8. The van der Waals surface area contributed by atoms with Crippen molar-refractivity contribution in [3.63, 3.8) is 0 Å². The molecule has 26 heavy (non-hydrogen) atoms. The van der Waals surface area contributed by atoms with Gasteiger partial charge in [-0.05, 0) is 30.7 Å². The first-order chi connectivity index (χ1) is 12.8. The summed E-state index contributed by atoms with van der Waals surface area (Å²) in [5.41, 5.74) is 2.99. The lowest BCUT2D eigenvalue weighted by Gasteiger charge is -2.27. The van der Waals surface area contributed by atoms with E-state index in [1.807, 2.05) is 30.3 Å². The summed E-state index contributed by atoms with van der Waals surface area (Å²) in [5, 5.41) is 0. The van der Waals surface area contributed by atoms with Crippen molar-refractivity contribution in [3.8, 4) is 22.8 Å². The second-order valence-electron chi connectivity index (χ2n) is 6.05. The molecule has 0 atom stereocenters. The van der Waals surface area contributed by atoms with Crippen LogP contribution >= 0.6 is 0 Å². The van der Waals surface area contributed by atoms with Gasteiger partial charge in [-0.25, -0.2) is 9.97 Å². The Hall–Kier alpha value is -3.15. The van der Waals surface area contributed by atoms with Gasteiger partial charge in [0.25, 0.3) is 0 Å². The molecule has 132 valence electrons. The molecule has 0 aliphatic carbocycles. The summed E-state index contributed by atoms with van der Waals surface area (Å²) < 4.78 is 11.4. The Morgan fingerprint density at radius 3 is 2.81 bits per heavy atom. The standard InChI is InChI=1S/C20H20N4O2/c1-25-18-5-2-4-16-14-24(12-3-13-26-19(16)18)20-22-11-8-17(23-20)15-6-9-21-10-7-15/h2,4-11H,3,12-14H2,1H3. The number of hydrogen-bond acceptors (Lipinski definition) is 6. The zero-order valence-corrected chi connectivity index (χ0v) is 14.6. The molecule has 0 amide bonds. The van der Waals surface area contributed by atoms with Crippen molar-refractivity contribution < 1.29 is 9.47 Å². The number of fused-ring (bicyclic) bond motifs is 1. The van der Waals surface area contributed by atoms with Crippen LogP contribution in [0, 0.1) is 0 Å². The molecule has 0 radical (unpaired) electrons. The fourth-order valence-electron chi connectivity index (χ4n) is 3.08. The Morgan fingerprint density at radius 1 is 1.08 bits per heavy atom. The van der Waals surface area contributed by atoms with E-state index in [2.05, 4.69) is 20.9 Å². The number of rotatable bonds is 3. The first-order valence-corrected chi connectivity index (χ1v) is 8.62. The summed E-state index contributed by atoms with van der Waals surface area (Å²) >= 11 is 0. The van der Waals surface area contributed by atoms with Crippen LogP contribution in [0.1, 0.15) is 12.0 Å². The minimum Gasteiger partial charge on any atom is -0.493 e. The van der Waals surface area contributed by atoms with Crippen molar-refractivity contribution >= 4 is 5.95 Å². The molecule has 0 saturated carbocycles. The summed E-state index contributed by atoms with van der Waals surface area (Å²) in [6.07, 6.45) is 6.24. The second-order valence-corrected chi connectivity index (χ2v) is 6.05. The van der Waals surface area contributed by atoms with Crippen LogP contribution in [0.3, 0.4) is 0 Å². The minimum atomic E-state index is 0.633. The number of para-hydroxylation sites is 1. The molecule has 1 aliphatic heterocycles. The second kappa shape index (κ2) is 7.39. The van der Waals surface area contributed by atoms with Gasteiger partial charge < -0.3 is 14.4 Å². The number of nitrogens with zero attached hydrogens (tertiary/aromatic N) is 4. The first kappa shape index (κ1) is 16.3. The summed E-state index contributed by atoms with van der Waals surface area (Å²) in [5.74, 6) is 2.29. The smallest absolute Gasteiger partial charge is 0.226 e. The highest BCUT2D eigenvalue weighted by molar-refractivity contribution is 5.59. The Morgan fingerprint density at radius 2 is 1.96 bits per heavy atom. The fourth-order valence-corrected chi connectivity index (χ4v) is 3.08. The first-order valence-electron chi connectivity index (χ1n) is 8.62. The van der Waals surface area contributed by atoms with Gasteiger partial charge in [0.2, 0.25) is 5.95 Å². The van der Waals surface area contributed by atoms with Gasteiger partial charge in [-0.1, -0.05) is 12.1 Å². The molecule has 0 spiro atoms. The average molecular weight is 348 g/mol. The normalized spacial score (nSPS) is 14.0. The third-order valence-corrected chi connectivity index (χ3v) is 4.36. The zero-order chi connectivity index (χ0) is 17.8. The van der Waals surface area contributed by atoms with E-state index < -0.39 is 0 Å². The quantitative estimate of drug-likeness (QED) is 0.723. The third kappa shape index (κ3) is 3.31. The highest BCUT2D eigenvalue weighted by Crippen LogP contribution is 2.33. The van der Waals surface area contributed by atoms with Crippen molar-refractivity contribution in [2.45, 2.75) is 13.0 Å². The number of methoxy groups -OCH3 is 1. The molecule has 0 saturated heterocycles. The maximum Gasteiger partial charge on any atom is 0.226 e. The van der Waals surface area contributed by atoms with E-state index in [9.17, 15) is 0 Å². The van der Waals surface area contributed by atoms with Gasteiger partial charge in [-0.15, -0.1) is 0 Å². The van der Waals surface area contributed by atoms with Crippen molar-refractivity contribution in [1.82, 2.24) is 15.0 Å². The van der Waals surface area contributed by atoms with Crippen LogP contribution in [0.5, 0.6) is 11.5 Å². The number of hydrogen-bond donors (Lipinski definition) is 0. The number of anilines is 1. The fraction of sp³-hybridized carbons (Fsp3) is 0.250. The molecule has 0 unspecified atom stereocenters. The molecular formula is C20H20N4O2. The number of pyridine rings is 1. The molecule has 4 rings (SSSR count). The molecular weight excluding hydrogens is 328 g/mol. The highest BCUT2D eigenvalue weighted by Gasteiger charge is 2.19. The van der Waals surface area contributed by atoms with E-state index in [1.54, 1.807) is 25.7 Å². The van der Waals surface area contributed by atoms with Gasteiger partial charge in [0.05, 0.1) is 19.4 Å². The molecule has 0 bridgehead atoms. The van der Waals surface area contributed by atoms with Crippen LogP contribution in [0.15, 0.2) is 55.0 Å². The molecule has 1 aliphatic rings. The molecule has 0 fully saturated rings. The Balaban J connectivity index is 1.67. The lowest BCUT2D eigenvalue weighted by molar-refractivity contribution is 0.281. The monoisotopic (exact) mass is 348 g/mol. The zero-order valence-electron chi connectivity index (χ0n) is 14.6. The lowest BCUT2D eigenvalue weighted by Crippen LogP contribution is -2.29. The summed E-state index contributed by atoms with van der Waals surface area (Å²) in [7, 11) is 1.66. The Labute approximate surface area is 152 Å². The number of benzene rings is 1. The maximum absolute atomic E-state index is 5.93. The molecule has 3 aromatic rings. The molecule has 2 aromatic heterocycles. The van der Waals surface area contributed by atoms with E-state index in [1.165, 1.54) is 0 Å². The lowest BCUT2D eigenvalue weighted by atomic mass is 10.1. The maximum atomic E-state index is 5.93. The van der Waals surface area contributed by atoms with Gasteiger partial charge in [0, 0.05) is 42.8 Å². The average Bonchev–Trinajstić information content (AvgIpc) is 2.69. The van der Waals surface area contributed by atoms with Crippen LogP contribution in [0.2, 0.25) is 0 Å². The molecule has 6 heteroatoms. The molecule has 1 aromatic carbocycles. The van der Waals surface area contributed by atoms with Crippen molar-refractivity contribution in [2.24, 2.45) is 0 Å². The summed E-state index contributed by atoms with van der Waals surface area (Å²) in [6.45, 7) is 2.14. The molecule has 3 heterocycles. The van der Waals surface area contributed by atoms with Gasteiger partial charge >= 0.3 is 0 Å². The van der Waals surface area contributed by atoms with Crippen LogP contribution < -0.4 is 14.4 Å². The Bertz CT molecular complexity index is 886. The van der Waals surface area contributed by atoms with E-state index in [0.717, 1.165) is 47.2 Å². The van der Waals surface area contributed by atoms with Crippen LogP contribution in [0.25, 0.3) is 11.3 Å². The molecule has 6 nitrogen and oxygen atoms in total. The van der Waals surface area contributed by atoms with Crippen LogP contribution in [-0.2, 0) is 6.54 Å². The van der Waals surface area contributed by atoms with Crippen molar-refractivity contribution in [2.75, 3.05) is 25.2 Å². The molecule has 0 N–H and O–H groups in total. The van der Waals surface area contributed by atoms with Gasteiger partial charge in [-0.2, -0.15) is 0 Å². The Kier molecular flexibility index (Phi) is 4.64. The predicted molar refractivity (Wildman–Crippen MR) is 99.4 cm³/mol. The van der Waals surface area contributed by atoms with Crippen molar-refractivity contribution in [3.05, 3.63) is 60.6 Å². The van der Waals surface area contributed by atoms with Gasteiger partial charge in [-0.3, -0.25) is 4.98 Å². The highest BCUT2D eigenvalue weighted by atomic mass is 16.5. The van der Waals surface area contributed by atoms with E-state index in [0.29, 0.717) is 13.2 Å². The van der Waals surface area contributed by atoms with Gasteiger partial charge in [0.1, 0.15) is 0 Å². The van der Waals surface area contributed by atoms with Gasteiger partial charge in [0.15, 0.2) is 11.5 Å². The van der Waals surface area contributed by atoms with Crippen LogP contribution in [0.4, 0.5) is 5.95 Å². The predicted octanol–water partition coefficient (Wildman–Crippen LogP) is 3.34. The topological polar surface area (TPSA) is 60.4 Å². The van der Waals surface area contributed by atoms with E-state index in [-0.39, 0.29) is 0 Å². The largest absolute Gasteiger partial charge is 0.493 e. The summed E-state index contributed by atoms with van der Waals surface area (Å²) in [4.78, 5) is 15.5. The third-order valence-electron chi connectivity index (χ3n) is 4.36. The SMILES string of the molecule is COc1cccc2c1OCCCN(c1nccc(-c3ccncc3)n1)C2. The minimum absolute atomic E-state index is 0.633. The van der Waals surface area contributed by atoms with Crippen LogP contribution in [-0.4, -0.2) is 35.2 Å². The number of ether oxygens (including phenoxy) is 2. The number of aromatic nitrogens is 3.